The Kier molecular flexibility index (Phi) is 4.02. The first kappa shape index (κ1) is 13.1. The van der Waals surface area contributed by atoms with Gasteiger partial charge >= 0.3 is 7.12 Å². The van der Waals surface area contributed by atoms with Crippen molar-refractivity contribution in [1.82, 2.24) is 0 Å². The van der Waals surface area contributed by atoms with Crippen LogP contribution in [0.25, 0.3) is 5.57 Å². The normalized spacial score (nSPS) is 22.7. The Hall–Kier alpha value is -1.36. The van der Waals surface area contributed by atoms with Gasteiger partial charge in [-0.25, -0.2) is 0 Å². The predicted molar refractivity (Wildman–Crippen MR) is 72.7 cm³/mol. The molecule has 3 nitrogen and oxygen atoms in total. The molecule has 1 aromatic rings. The molecular weight excluding hydrogens is 227 g/mol. The van der Waals surface area contributed by atoms with Crippen molar-refractivity contribution < 1.29 is 14.8 Å². The second-order valence-electron chi connectivity index (χ2n) is 4.32. The van der Waals surface area contributed by atoms with Gasteiger partial charge in [0, 0.05) is 6.61 Å². The molecule has 1 atom stereocenters. The van der Waals surface area contributed by atoms with E-state index in [1.807, 2.05) is 49.4 Å². The first-order valence-corrected chi connectivity index (χ1v) is 6.13. The molecule has 1 aliphatic rings. The lowest BCUT2D eigenvalue weighted by Gasteiger charge is -2.31. The third kappa shape index (κ3) is 2.56. The Morgan fingerprint density at radius 3 is 2.50 bits per heavy atom. The molecule has 4 heteroatoms. The molecule has 0 bridgehead atoms. The minimum atomic E-state index is -1.51. The Bertz CT molecular complexity index is 453. The molecule has 0 fully saturated rings. The Balaban J connectivity index is 2.20. The van der Waals surface area contributed by atoms with Gasteiger partial charge in [0.05, 0.1) is 0 Å². The van der Waals surface area contributed by atoms with Crippen LogP contribution < -0.4 is 0 Å². The molecule has 0 saturated carbocycles. The fourth-order valence-corrected chi connectivity index (χ4v) is 2.12. The summed E-state index contributed by atoms with van der Waals surface area (Å²) in [5.41, 5.74) is 1.19. The van der Waals surface area contributed by atoms with Gasteiger partial charge in [-0.15, -0.1) is 0 Å². The van der Waals surface area contributed by atoms with E-state index in [-0.39, 0.29) is 0 Å². The van der Waals surface area contributed by atoms with E-state index in [0.717, 1.165) is 11.1 Å². The number of hydrogen-bond donors (Lipinski definition) is 2. The van der Waals surface area contributed by atoms with E-state index in [1.54, 1.807) is 6.08 Å². The fourth-order valence-electron chi connectivity index (χ4n) is 2.12. The summed E-state index contributed by atoms with van der Waals surface area (Å²) in [6.45, 7) is 2.28. The quantitative estimate of drug-likeness (QED) is 0.794. The van der Waals surface area contributed by atoms with Crippen LogP contribution in [0.2, 0.25) is 0 Å². The van der Waals surface area contributed by atoms with Crippen LogP contribution in [0, 0.1) is 0 Å². The molecule has 94 valence electrons. The predicted octanol–water partition coefficient (Wildman–Crippen LogP) is 1.82. The van der Waals surface area contributed by atoms with Gasteiger partial charge in [-0.1, -0.05) is 48.6 Å². The molecule has 0 amide bonds. The smallest absolute Gasteiger partial charge is 0.425 e. The highest BCUT2D eigenvalue weighted by Gasteiger charge is 2.41. The molecule has 1 unspecified atom stereocenters. The Morgan fingerprint density at radius 2 is 2.00 bits per heavy atom. The maximum Gasteiger partial charge on any atom is 0.490 e. The zero-order valence-corrected chi connectivity index (χ0v) is 10.4. The molecule has 0 spiro atoms. The van der Waals surface area contributed by atoms with Gasteiger partial charge in [-0.3, -0.25) is 0 Å². The van der Waals surface area contributed by atoms with E-state index in [4.69, 9.17) is 4.74 Å². The summed E-state index contributed by atoms with van der Waals surface area (Å²) in [6.07, 6.45) is 6.06. The number of allylic oxidation sites excluding steroid dienone is 2. The summed E-state index contributed by atoms with van der Waals surface area (Å²) in [5, 5.41) is 18.9. The SMILES string of the molecule is CCOC1(B(O)O)C=CC(c2ccccc2)=CC1. The number of hydrogen-bond acceptors (Lipinski definition) is 3. The standard InChI is InChI=1S/C14H17BO3/c1-2-18-14(15(16)17)10-8-13(9-11-14)12-6-4-3-5-7-12/h3-10,16-17H,2,11H2,1H3. The average Bonchev–Trinajstić information content (AvgIpc) is 2.41. The third-order valence-corrected chi connectivity index (χ3v) is 3.14. The van der Waals surface area contributed by atoms with Gasteiger partial charge in [-0.2, -0.15) is 0 Å². The second kappa shape index (κ2) is 5.52. The van der Waals surface area contributed by atoms with Crippen LogP contribution >= 0.6 is 0 Å². The largest absolute Gasteiger partial charge is 0.490 e. The molecule has 0 aliphatic heterocycles. The number of benzene rings is 1. The van der Waals surface area contributed by atoms with E-state index < -0.39 is 12.6 Å². The monoisotopic (exact) mass is 244 g/mol. The summed E-state index contributed by atoms with van der Waals surface area (Å²) in [6, 6.07) is 9.99. The minimum Gasteiger partial charge on any atom is -0.425 e. The van der Waals surface area contributed by atoms with Crippen molar-refractivity contribution in [3.8, 4) is 0 Å². The van der Waals surface area contributed by atoms with Crippen molar-refractivity contribution in [2.45, 2.75) is 18.8 Å². The van der Waals surface area contributed by atoms with E-state index in [2.05, 4.69) is 0 Å². The van der Waals surface area contributed by atoms with Crippen molar-refractivity contribution in [3.63, 3.8) is 0 Å². The van der Waals surface area contributed by atoms with Gasteiger partial charge in [0.2, 0.25) is 0 Å². The lowest BCUT2D eigenvalue weighted by molar-refractivity contribution is 0.0353. The van der Waals surface area contributed by atoms with Crippen LogP contribution in [0.5, 0.6) is 0 Å². The highest BCUT2D eigenvalue weighted by atomic mass is 16.5. The first-order valence-electron chi connectivity index (χ1n) is 6.13. The van der Waals surface area contributed by atoms with E-state index >= 15 is 0 Å². The second-order valence-corrected chi connectivity index (χ2v) is 4.32. The zero-order valence-electron chi connectivity index (χ0n) is 10.4. The number of rotatable bonds is 4. The highest BCUT2D eigenvalue weighted by molar-refractivity contribution is 6.46. The van der Waals surface area contributed by atoms with Crippen molar-refractivity contribution in [1.29, 1.82) is 0 Å². The lowest BCUT2D eigenvalue weighted by Crippen LogP contribution is -2.47. The molecule has 0 aromatic heterocycles. The van der Waals surface area contributed by atoms with Crippen molar-refractivity contribution in [3.05, 3.63) is 54.1 Å². The van der Waals surface area contributed by atoms with E-state index in [1.165, 1.54) is 0 Å². The van der Waals surface area contributed by atoms with Crippen LogP contribution in [-0.2, 0) is 4.74 Å². The molecule has 0 saturated heterocycles. The molecule has 2 N–H and O–H groups in total. The molecular formula is C14H17BO3. The van der Waals surface area contributed by atoms with Gasteiger partial charge in [0.25, 0.3) is 0 Å². The van der Waals surface area contributed by atoms with Gasteiger partial charge in [0.1, 0.15) is 5.50 Å². The zero-order chi connectivity index (χ0) is 13.0. The molecule has 0 heterocycles. The average molecular weight is 244 g/mol. The van der Waals surface area contributed by atoms with Gasteiger partial charge in [0.15, 0.2) is 0 Å². The summed E-state index contributed by atoms with van der Waals surface area (Å²) in [4.78, 5) is 0. The first-order chi connectivity index (χ1) is 8.68. The maximum absolute atomic E-state index is 9.47. The summed E-state index contributed by atoms with van der Waals surface area (Å²) in [5.74, 6) is 0. The Labute approximate surface area is 108 Å². The van der Waals surface area contributed by atoms with Gasteiger partial charge < -0.3 is 14.8 Å². The van der Waals surface area contributed by atoms with Crippen LogP contribution in [-0.4, -0.2) is 29.3 Å². The summed E-state index contributed by atoms with van der Waals surface area (Å²) in [7, 11) is -1.51. The van der Waals surface area contributed by atoms with Gasteiger partial charge in [-0.05, 0) is 24.5 Å². The lowest BCUT2D eigenvalue weighted by atomic mass is 9.63. The van der Waals surface area contributed by atoms with Crippen molar-refractivity contribution in [2.24, 2.45) is 0 Å². The Morgan fingerprint density at radius 1 is 1.28 bits per heavy atom. The van der Waals surface area contributed by atoms with Crippen LogP contribution in [0.15, 0.2) is 48.6 Å². The van der Waals surface area contributed by atoms with Crippen molar-refractivity contribution in [2.75, 3.05) is 6.61 Å². The van der Waals surface area contributed by atoms with E-state index in [9.17, 15) is 10.0 Å². The summed E-state index contributed by atoms with van der Waals surface area (Å²) >= 11 is 0. The minimum absolute atomic E-state index is 0.441. The van der Waals surface area contributed by atoms with E-state index in [0.29, 0.717) is 13.0 Å². The molecule has 0 radical (unpaired) electrons. The molecule has 18 heavy (non-hydrogen) atoms. The topological polar surface area (TPSA) is 49.7 Å². The fraction of sp³-hybridized carbons (Fsp3) is 0.286. The molecule has 1 aliphatic carbocycles. The van der Waals surface area contributed by atoms with Crippen LogP contribution in [0.1, 0.15) is 18.9 Å². The molecule has 1 aromatic carbocycles. The van der Waals surface area contributed by atoms with Crippen LogP contribution in [0.3, 0.4) is 0 Å². The molecule has 2 rings (SSSR count). The number of ether oxygens (including phenoxy) is 1. The third-order valence-electron chi connectivity index (χ3n) is 3.14. The maximum atomic E-state index is 9.47. The van der Waals surface area contributed by atoms with Crippen molar-refractivity contribution >= 4 is 12.7 Å². The summed E-state index contributed by atoms with van der Waals surface area (Å²) < 4.78 is 5.48. The van der Waals surface area contributed by atoms with Crippen LogP contribution in [0.4, 0.5) is 0 Å². The highest BCUT2D eigenvalue weighted by Crippen LogP contribution is 2.30.